The number of rotatable bonds is 3. The number of pyridine rings is 1. The molecule has 0 saturated carbocycles. The molecule has 0 radical (unpaired) electrons. The maximum Gasteiger partial charge on any atom is 0.178 e. The Morgan fingerprint density at radius 2 is 2.23 bits per heavy atom. The van der Waals surface area contributed by atoms with Crippen LogP contribution in [0.2, 0.25) is 0 Å². The van der Waals surface area contributed by atoms with Gasteiger partial charge in [-0.15, -0.1) is 0 Å². The third-order valence-corrected chi connectivity index (χ3v) is 5.27. The Labute approximate surface area is 130 Å². The third kappa shape index (κ3) is 2.85. The van der Waals surface area contributed by atoms with Gasteiger partial charge in [0.15, 0.2) is 9.84 Å². The van der Waals surface area contributed by atoms with Gasteiger partial charge in [0, 0.05) is 31.5 Å². The molecule has 22 heavy (non-hydrogen) atoms. The van der Waals surface area contributed by atoms with Crippen molar-refractivity contribution in [1.29, 1.82) is 0 Å². The standard InChI is InChI=1S/C15H20N4O2S/c1-11-5-3-7-16-15(11)19-8-4-6-12(10-19)14-13(9-17-18-14)22(2,20)21/h3,5,7,9,12H,4,6,8,10H2,1-2H3,(H,17,18). The molecule has 7 heteroatoms. The Balaban J connectivity index is 1.89. The number of sulfone groups is 1. The molecule has 0 aliphatic carbocycles. The molecule has 118 valence electrons. The second kappa shape index (κ2) is 5.72. The van der Waals surface area contributed by atoms with Crippen molar-refractivity contribution >= 4 is 15.7 Å². The molecule has 0 aromatic carbocycles. The van der Waals surface area contributed by atoms with E-state index in [0.29, 0.717) is 4.90 Å². The minimum Gasteiger partial charge on any atom is -0.356 e. The molecule has 1 aliphatic rings. The van der Waals surface area contributed by atoms with E-state index < -0.39 is 9.84 Å². The minimum absolute atomic E-state index is 0.127. The zero-order valence-corrected chi connectivity index (χ0v) is 13.6. The van der Waals surface area contributed by atoms with Gasteiger partial charge in [-0.2, -0.15) is 5.10 Å². The summed E-state index contributed by atoms with van der Waals surface area (Å²) in [5.41, 5.74) is 1.86. The quantitative estimate of drug-likeness (QED) is 0.934. The maximum atomic E-state index is 11.9. The van der Waals surface area contributed by atoms with Crippen LogP contribution in [0.25, 0.3) is 0 Å². The second-order valence-corrected chi connectivity index (χ2v) is 7.83. The van der Waals surface area contributed by atoms with Gasteiger partial charge in [-0.1, -0.05) is 6.07 Å². The number of nitrogens with one attached hydrogen (secondary N) is 1. The summed E-state index contributed by atoms with van der Waals surface area (Å²) < 4.78 is 23.8. The van der Waals surface area contributed by atoms with E-state index in [1.54, 1.807) is 6.20 Å². The Kier molecular flexibility index (Phi) is 3.90. The number of aryl methyl sites for hydroxylation is 1. The fourth-order valence-electron chi connectivity index (χ4n) is 3.09. The van der Waals surface area contributed by atoms with Crippen molar-refractivity contribution in [2.24, 2.45) is 0 Å². The lowest BCUT2D eigenvalue weighted by Crippen LogP contribution is -2.35. The summed E-state index contributed by atoms with van der Waals surface area (Å²) >= 11 is 0. The molecule has 2 aromatic heterocycles. The number of aromatic amines is 1. The summed E-state index contributed by atoms with van der Waals surface area (Å²) in [7, 11) is -3.26. The van der Waals surface area contributed by atoms with E-state index in [9.17, 15) is 8.42 Å². The first kappa shape index (κ1) is 15.0. The molecule has 1 saturated heterocycles. The van der Waals surface area contributed by atoms with E-state index >= 15 is 0 Å². The Bertz CT molecular complexity index is 769. The third-order valence-electron chi connectivity index (χ3n) is 4.14. The van der Waals surface area contributed by atoms with Gasteiger partial charge in [0.2, 0.25) is 0 Å². The zero-order chi connectivity index (χ0) is 15.7. The van der Waals surface area contributed by atoms with Crippen molar-refractivity contribution in [1.82, 2.24) is 15.2 Å². The van der Waals surface area contributed by atoms with Gasteiger partial charge in [-0.25, -0.2) is 13.4 Å². The van der Waals surface area contributed by atoms with Crippen LogP contribution in [0.15, 0.2) is 29.4 Å². The molecule has 0 amide bonds. The Hall–Kier alpha value is -1.89. The number of piperidine rings is 1. The average Bonchev–Trinajstić information content (AvgIpc) is 2.97. The van der Waals surface area contributed by atoms with Crippen LogP contribution in [-0.2, 0) is 9.84 Å². The Morgan fingerprint density at radius 1 is 1.41 bits per heavy atom. The Morgan fingerprint density at radius 3 is 2.95 bits per heavy atom. The average molecular weight is 320 g/mol. The monoisotopic (exact) mass is 320 g/mol. The molecule has 0 bridgehead atoms. The summed E-state index contributed by atoms with van der Waals surface area (Å²) in [6.07, 6.45) is 6.39. The van der Waals surface area contributed by atoms with E-state index in [0.717, 1.165) is 43.0 Å². The van der Waals surface area contributed by atoms with Crippen LogP contribution in [0.4, 0.5) is 5.82 Å². The highest BCUT2D eigenvalue weighted by Gasteiger charge is 2.28. The lowest BCUT2D eigenvalue weighted by Gasteiger charge is -2.34. The summed E-state index contributed by atoms with van der Waals surface area (Å²) in [4.78, 5) is 7.02. The maximum absolute atomic E-state index is 11.9. The van der Waals surface area contributed by atoms with Gasteiger partial charge in [0.1, 0.15) is 10.7 Å². The summed E-state index contributed by atoms with van der Waals surface area (Å²) in [5.74, 6) is 1.11. The lowest BCUT2D eigenvalue weighted by atomic mass is 9.94. The van der Waals surface area contributed by atoms with E-state index in [1.165, 1.54) is 12.5 Å². The summed E-state index contributed by atoms with van der Waals surface area (Å²) in [6, 6.07) is 3.97. The first-order valence-corrected chi connectivity index (χ1v) is 9.26. The molecule has 0 spiro atoms. The second-order valence-electron chi connectivity index (χ2n) is 5.85. The number of H-pyrrole nitrogens is 1. The predicted octanol–water partition coefficient (Wildman–Crippen LogP) is 1.90. The van der Waals surface area contributed by atoms with Crippen LogP contribution in [-0.4, -0.2) is 42.9 Å². The minimum atomic E-state index is -3.26. The van der Waals surface area contributed by atoms with Crippen molar-refractivity contribution in [2.75, 3.05) is 24.2 Å². The van der Waals surface area contributed by atoms with E-state index in [1.807, 2.05) is 19.1 Å². The fourth-order valence-corrected chi connectivity index (χ4v) is 3.94. The van der Waals surface area contributed by atoms with Crippen LogP contribution in [0.1, 0.15) is 30.0 Å². The van der Waals surface area contributed by atoms with E-state index in [-0.39, 0.29) is 5.92 Å². The van der Waals surface area contributed by atoms with Crippen molar-refractivity contribution in [3.05, 3.63) is 35.8 Å². The lowest BCUT2D eigenvalue weighted by molar-refractivity contribution is 0.491. The molecule has 2 aromatic rings. The highest BCUT2D eigenvalue weighted by Crippen LogP contribution is 2.32. The smallest absolute Gasteiger partial charge is 0.178 e. The van der Waals surface area contributed by atoms with Crippen LogP contribution < -0.4 is 4.90 Å². The molecule has 1 N–H and O–H groups in total. The largest absolute Gasteiger partial charge is 0.356 e. The van der Waals surface area contributed by atoms with Crippen molar-refractivity contribution in [2.45, 2.75) is 30.6 Å². The number of hydrogen-bond acceptors (Lipinski definition) is 5. The summed E-state index contributed by atoms with van der Waals surface area (Å²) in [5, 5.41) is 6.83. The SMILES string of the molecule is Cc1cccnc1N1CCCC(c2[nH]ncc2S(C)(=O)=O)C1. The van der Waals surface area contributed by atoms with Gasteiger partial charge in [-0.05, 0) is 31.4 Å². The first-order valence-electron chi connectivity index (χ1n) is 7.36. The van der Waals surface area contributed by atoms with Gasteiger partial charge < -0.3 is 4.90 Å². The van der Waals surface area contributed by atoms with Gasteiger partial charge in [0.25, 0.3) is 0 Å². The highest BCUT2D eigenvalue weighted by atomic mass is 32.2. The molecule has 3 rings (SSSR count). The van der Waals surface area contributed by atoms with Gasteiger partial charge in [0.05, 0.1) is 11.9 Å². The number of anilines is 1. The number of nitrogens with zero attached hydrogens (tertiary/aromatic N) is 3. The molecule has 1 aliphatic heterocycles. The van der Waals surface area contributed by atoms with E-state index in [4.69, 9.17) is 0 Å². The van der Waals surface area contributed by atoms with Gasteiger partial charge >= 0.3 is 0 Å². The first-order chi connectivity index (χ1) is 10.5. The van der Waals surface area contributed by atoms with E-state index in [2.05, 4.69) is 20.1 Å². The predicted molar refractivity (Wildman–Crippen MR) is 84.9 cm³/mol. The molecule has 1 unspecified atom stereocenters. The molecule has 1 atom stereocenters. The van der Waals surface area contributed by atoms with Crippen molar-refractivity contribution < 1.29 is 8.42 Å². The van der Waals surface area contributed by atoms with Crippen molar-refractivity contribution in [3.8, 4) is 0 Å². The fraction of sp³-hybridized carbons (Fsp3) is 0.467. The van der Waals surface area contributed by atoms with Gasteiger partial charge in [-0.3, -0.25) is 5.10 Å². The molecule has 1 fully saturated rings. The van der Waals surface area contributed by atoms with Crippen LogP contribution >= 0.6 is 0 Å². The number of aromatic nitrogens is 3. The van der Waals surface area contributed by atoms with Crippen LogP contribution in [0, 0.1) is 6.92 Å². The molecule has 3 heterocycles. The zero-order valence-electron chi connectivity index (χ0n) is 12.8. The molecular formula is C15H20N4O2S. The van der Waals surface area contributed by atoms with Crippen molar-refractivity contribution in [3.63, 3.8) is 0 Å². The summed E-state index contributed by atoms with van der Waals surface area (Å²) in [6.45, 7) is 3.74. The highest BCUT2D eigenvalue weighted by molar-refractivity contribution is 7.90. The van der Waals surface area contributed by atoms with Crippen LogP contribution in [0.5, 0.6) is 0 Å². The molecule has 6 nitrogen and oxygen atoms in total. The van der Waals surface area contributed by atoms with Crippen LogP contribution in [0.3, 0.4) is 0 Å². The number of hydrogen-bond donors (Lipinski definition) is 1. The molecular weight excluding hydrogens is 300 g/mol. The normalized spacial score (nSPS) is 19.4. The topological polar surface area (TPSA) is 79.0 Å².